The van der Waals surface area contributed by atoms with Gasteiger partial charge in [-0.2, -0.15) is 0 Å². The van der Waals surface area contributed by atoms with Gasteiger partial charge in [0.25, 0.3) is 0 Å². The number of amides is 2. The van der Waals surface area contributed by atoms with E-state index >= 15 is 0 Å². The molecular weight excluding hydrogens is 208 g/mol. The van der Waals surface area contributed by atoms with Crippen molar-refractivity contribution in [3.8, 4) is 0 Å². The summed E-state index contributed by atoms with van der Waals surface area (Å²) in [6.45, 7) is 3.50. The van der Waals surface area contributed by atoms with E-state index in [-0.39, 0.29) is 11.8 Å². The molecule has 0 radical (unpaired) electrons. The Bertz CT molecular complexity index is 336. The van der Waals surface area contributed by atoms with Gasteiger partial charge in [0.15, 0.2) is 5.96 Å². The van der Waals surface area contributed by atoms with Crippen LogP contribution < -0.4 is 10.6 Å². The number of nitrogens with one attached hydrogen (secondary N) is 2. The number of nitrogens with zero attached hydrogens (tertiary/aromatic N) is 2. The van der Waals surface area contributed by atoms with Gasteiger partial charge < -0.3 is 10.2 Å². The zero-order chi connectivity index (χ0) is 12.1. The van der Waals surface area contributed by atoms with Crippen LogP contribution in [0.5, 0.6) is 0 Å². The summed E-state index contributed by atoms with van der Waals surface area (Å²) in [5.41, 5.74) is 0. The molecule has 88 valence electrons. The molecule has 1 atom stereocenters. The Balaban J connectivity index is 2.65. The molecule has 6 nitrogen and oxygen atoms in total. The van der Waals surface area contributed by atoms with Crippen molar-refractivity contribution in [2.24, 2.45) is 4.99 Å². The SMILES string of the molecule is C=C/N=C(/NC1CCC(=O)NC1=O)N(C)C. The van der Waals surface area contributed by atoms with Gasteiger partial charge in [-0.05, 0) is 6.42 Å². The summed E-state index contributed by atoms with van der Waals surface area (Å²) in [5, 5.41) is 5.24. The van der Waals surface area contributed by atoms with Crippen LogP contribution in [0.1, 0.15) is 12.8 Å². The molecule has 0 aromatic carbocycles. The fourth-order valence-electron chi connectivity index (χ4n) is 1.36. The highest BCUT2D eigenvalue weighted by Gasteiger charge is 2.27. The highest BCUT2D eigenvalue weighted by Crippen LogP contribution is 2.04. The van der Waals surface area contributed by atoms with E-state index < -0.39 is 6.04 Å². The molecule has 0 saturated carbocycles. The van der Waals surface area contributed by atoms with Gasteiger partial charge in [0, 0.05) is 26.7 Å². The van der Waals surface area contributed by atoms with Crippen LogP contribution in [0, 0.1) is 0 Å². The predicted octanol–water partition coefficient (Wildman–Crippen LogP) is -0.558. The number of piperidine rings is 1. The van der Waals surface area contributed by atoms with Crippen molar-refractivity contribution in [2.75, 3.05) is 14.1 Å². The zero-order valence-electron chi connectivity index (χ0n) is 9.49. The highest BCUT2D eigenvalue weighted by molar-refractivity contribution is 6.01. The first kappa shape index (κ1) is 12.2. The predicted molar refractivity (Wildman–Crippen MR) is 60.6 cm³/mol. The first-order chi connectivity index (χ1) is 7.54. The highest BCUT2D eigenvalue weighted by atomic mass is 16.2. The number of hydrogen-bond donors (Lipinski definition) is 2. The van der Waals surface area contributed by atoms with Gasteiger partial charge in [-0.15, -0.1) is 0 Å². The first-order valence-electron chi connectivity index (χ1n) is 5.01. The molecule has 0 aliphatic carbocycles. The van der Waals surface area contributed by atoms with E-state index in [9.17, 15) is 9.59 Å². The Morgan fingerprint density at radius 1 is 1.62 bits per heavy atom. The second-order valence-electron chi connectivity index (χ2n) is 3.68. The molecule has 1 saturated heterocycles. The summed E-state index contributed by atoms with van der Waals surface area (Å²) in [5.74, 6) is 0.00877. The molecule has 2 amide bonds. The van der Waals surface area contributed by atoms with E-state index in [2.05, 4.69) is 22.2 Å². The Hall–Kier alpha value is -1.85. The van der Waals surface area contributed by atoms with Crippen molar-refractivity contribution in [3.63, 3.8) is 0 Å². The molecule has 1 heterocycles. The largest absolute Gasteiger partial charge is 0.349 e. The van der Waals surface area contributed by atoms with Crippen molar-refractivity contribution in [1.29, 1.82) is 0 Å². The molecule has 1 rings (SSSR count). The Kier molecular flexibility index (Phi) is 4.04. The molecule has 1 aliphatic rings. The van der Waals surface area contributed by atoms with Crippen molar-refractivity contribution >= 4 is 17.8 Å². The summed E-state index contributed by atoms with van der Waals surface area (Å²) in [4.78, 5) is 28.2. The molecular formula is C10H16N4O2. The number of rotatable bonds is 2. The lowest BCUT2D eigenvalue weighted by molar-refractivity contribution is -0.134. The van der Waals surface area contributed by atoms with Crippen molar-refractivity contribution in [3.05, 3.63) is 12.8 Å². The normalized spacial score (nSPS) is 21.4. The van der Waals surface area contributed by atoms with Crippen LogP contribution in [-0.4, -0.2) is 42.8 Å². The summed E-state index contributed by atoms with van der Waals surface area (Å²) in [6.07, 6.45) is 2.22. The van der Waals surface area contributed by atoms with E-state index in [0.29, 0.717) is 18.8 Å². The van der Waals surface area contributed by atoms with Crippen LogP contribution >= 0.6 is 0 Å². The quantitative estimate of drug-likeness (QED) is 0.375. The van der Waals surface area contributed by atoms with Gasteiger partial charge in [-0.3, -0.25) is 14.9 Å². The average Bonchev–Trinajstić information content (AvgIpc) is 2.20. The van der Waals surface area contributed by atoms with Gasteiger partial charge in [0.1, 0.15) is 6.04 Å². The fraction of sp³-hybridized carbons (Fsp3) is 0.500. The van der Waals surface area contributed by atoms with Gasteiger partial charge >= 0.3 is 0 Å². The fourth-order valence-corrected chi connectivity index (χ4v) is 1.36. The number of guanidine groups is 1. The summed E-state index contributed by atoms with van der Waals surface area (Å²) < 4.78 is 0. The van der Waals surface area contributed by atoms with Crippen LogP contribution in [-0.2, 0) is 9.59 Å². The smallest absolute Gasteiger partial charge is 0.249 e. The number of carbonyl (C=O) groups excluding carboxylic acids is 2. The minimum Gasteiger partial charge on any atom is -0.349 e. The van der Waals surface area contributed by atoms with Crippen LogP contribution in [0.3, 0.4) is 0 Å². The Morgan fingerprint density at radius 2 is 2.31 bits per heavy atom. The summed E-state index contributed by atoms with van der Waals surface area (Å²) in [7, 11) is 3.61. The standard InChI is InChI=1S/C10H16N4O2/c1-4-11-10(14(2)3)12-7-5-6-8(15)13-9(7)16/h4,7H,1,5-6H2,2-3H3,(H,11,12)(H,13,15,16). The molecule has 0 aromatic heterocycles. The van der Waals surface area contributed by atoms with Crippen molar-refractivity contribution in [1.82, 2.24) is 15.5 Å². The number of aliphatic imine (C=N–C) groups is 1. The third-order valence-electron chi connectivity index (χ3n) is 2.18. The minimum absolute atomic E-state index is 0.227. The zero-order valence-corrected chi connectivity index (χ0v) is 9.49. The van der Waals surface area contributed by atoms with E-state index in [1.165, 1.54) is 6.20 Å². The lowest BCUT2D eigenvalue weighted by atomic mass is 10.1. The van der Waals surface area contributed by atoms with Crippen molar-refractivity contribution in [2.45, 2.75) is 18.9 Å². The Morgan fingerprint density at radius 3 is 2.81 bits per heavy atom. The first-order valence-corrected chi connectivity index (χ1v) is 5.01. The summed E-state index contributed by atoms with van der Waals surface area (Å²) >= 11 is 0. The van der Waals surface area contributed by atoms with Crippen LogP contribution in [0.15, 0.2) is 17.8 Å². The van der Waals surface area contributed by atoms with E-state index in [0.717, 1.165) is 0 Å². The van der Waals surface area contributed by atoms with E-state index in [4.69, 9.17) is 0 Å². The number of imide groups is 1. The Labute approximate surface area is 94.4 Å². The van der Waals surface area contributed by atoms with E-state index in [1.807, 2.05) is 0 Å². The van der Waals surface area contributed by atoms with Crippen LogP contribution in [0.4, 0.5) is 0 Å². The molecule has 1 aliphatic heterocycles. The lowest BCUT2D eigenvalue weighted by Gasteiger charge is -2.25. The maximum Gasteiger partial charge on any atom is 0.249 e. The molecule has 16 heavy (non-hydrogen) atoms. The van der Waals surface area contributed by atoms with Gasteiger partial charge in [0.2, 0.25) is 11.8 Å². The number of hydrogen-bond acceptors (Lipinski definition) is 3. The topological polar surface area (TPSA) is 73.8 Å². The maximum atomic E-state index is 11.5. The van der Waals surface area contributed by atoms with Crippen molar-refractivity contribution < 1.29 is 9.59 Å². The molecule has 2 N–H and O–H groups in total. The van der Waals surface area contributed by atoms with Gasteiger partial charge in [-0.1, -0.05) is 6.58 Å². The second-order valence-corrected chi connectivity index (χ2v) is 3.68. The molecule has 6 heteroatoms. The molecule has 0 aromatic rings. The number of carbonyl (C=O) groups is 2. The molecule has 1 unspecified atom stereocenters. The summed E-state index contributed by atoms with van der Waals surface area (Å²) in [6, 6.07) is -0.418. The molecule has 1 fully saturated rings. The van der Waals surface area contributed by atoms with E-state index in [1.54, 1.807) is 19.0 Å². The molecule has 0 bridgehead atoms. The third kappa shape index (κ3) is 3.08. The third-order valence-corrected chi connectivity index (χ3v) is 2.18. The lowest BCUT2D eigenvalue weighted by Crippen LogP contribution is -2.54. The second kappa shape index (κ2) is 5.29. The molecule has 0 spiro atoms. The minimum atomic E-state index is -0.418. The van der Waals surface area contributed by atoms with Crippen LogP contribution in [0.2, 0.25) is 0 Å². The van der Waals surface area contributed by atoms with Gasteiger partial charge in [-0.25, -0.2) is 4.99 Å². The average molecular weight is 224 g/mol. The van der Waals surface area contributed by atoms with Crippen LogP contribution in [0.25, 0.3) is 0 Å². The monoisotopic (exact) mass is 224 g/mol. The maximum absolute atomic E-state index is 11.5. The van der Waals surface area contributed by atoms with Gasteiger partial charge in [0.05, 0.1) is 0 Å².